The summed E-state index contributed by atoms with van der Waals surface area (Å²) in [5.41, 5.74) is -0.445. The Bertz CT molecular complexity index is 1490. The van der Waals surface area contributed by atoms with Crippen LogP contribution in [-0.2, 0) is 29.1 Å². The second kappa shape index (κ2) is 15.0. The number of hydrogen-bond acceptors (Lipinski definition) is 9. The number of rotatable bonds is 14. The molecule has 13 nitrogen and oxygen atoms in total. The van der Waals surface area contributed by atoms with E-state index in [4.69, 9.17) is 4.74 Å². The third kappa shape index (κ3) is 9.25. The third-order valence-electron chi connectivity index (χ3n) is 9.95. The molecule has 14 heteroatoms. The van der Waals surface area contributed by atoms with Crippen molar-refractivity contribution in [3.63, 3.8) is 0 Å². The highest BCUT2D eigenvalue weighted by atomic mass is 32.2. The smallest absolute Gasteiger partial charge is 0.408 e. The Balaban J connectivity index is 1.32. The van der Waals surface area contributed by atoms with Crippen LogP contribution in [-0.4, -0.2) is 80.8 Å². The van der Waals surface area contributed by atoms with Gasteiger partial charge >= 0.3 is 6.09 Å². The van der Waals surface area contributed by atoms with Crippen LogP contribution in [0.4, 0.5) is 16.2 Å². The van der Waals surface area contributed by atoms with Gasteiger partial charge in [0.05, 0.1) is 5.25 Å². The predicted octanol–water partition coefficient (Wildman–Crippen LogP) is 3.33. The van der Waals surface area contributed by atoms with Gasteiger partial charge in [-0.1, -0.05) is 26.8 Å². The second-order valence-electron chi connectivity index (χ2n) is 15.0. The quantitative estimate of drug-likeness (QED) is 0.182. The molecule has 4 fully saturated rings. The summed E-state index contributed by atoms with van der Waals surface area (Å²) in [6.45, 7) is 11.1. The lowest BCUT2D eigenvalue weighted by Gasteiger charge is -2.32. The van der Waals surface area contributed by atoms with Crippen molar-refractivity contribution in [3.8, 4) is 0 Å². The van der Waals surface area contributed by atoms with Gasteiger partial charge in [-0.05, 0) is 93.9 Å². The summed E-state index contributed by atoms with van der Waals surface area (Å²) in [6, 6.07) is 5.58. The van der Waals surface area contributed by atoms with Crippen LogP contribution in [0.15, 0.2) is 36.9 Å². The van der Waals surface area contributed by atoms with Crippen molar-refractivity contribution in [2.24, 2.45) is 11.3 Å². The number of anilines is 2. The minimum Gasteiger partial charge on any atom is -0.446 e. The molecule has 0 spiro atoms. The highest BCUT2D eigenvalue weighted by Crippen LogP contribution is 2.45. The highest BCUT2D eigenvalue weighted by Gasteiger charge is 2.61. The Morgan fingerprint density at radius 1 is 0.959 bits per heavy atom. The molecule has 1 heterocycles. The molecule has 1 saturated heterocycles. The zero-order valence-corrected chi connectivity index (χ0v) is 29.7. The van der Waals surface area contributed by atoms with Gasteiger partial charge in [0.2, 0.25) is 21.8 Å². The molecule has 1 aromatic rings. The van der Waals surface area contributed by atoms with Crippen LogP contribution in [0.2, 0.25) is 0 Å². The minimum absolute atomic E-state index is 0.0547. The SMILES string of the molecule is C=C[C@@H]1C[C@]1(NC(=O)[C@H](CNc1ccc(N2CCCCC2)cc1)NC(=O)[C@@H](NC(=O)OC1CCCC1)C(C)(C)C)C(=O)NS(=O)(=O)C1CC1. The fourth-order valence-electron chi connectivity index (χ4n) is 6.63. The van der Waals surface area contributed by atoms with Crippen molar-refractivity contribution in [1.82, 2.24) is 20.7 Å². The van der Waals surface area contributed by atoms with Gasteiger partial charge in [0.15, 0.2) is 0 Å². The molecule has 0 radical (unpaired) electrons. The van der Waals surface area contributed by atoms with E-state index in [2.05, 4.69) is 37.5 Å². The minimum atomic E-state index is -3.87. The van der Waals surface area contributed by atoms with Crippen LogP contribution in [0, 0.1) is 11.3 Å². The van der Waals surface area contributed by atoms with Crippen molar-refractivity contribution in [2.45, 2.75) is 114 Å². The number of amides is 4. The van der Waals surface area contributed by atoms with Gasteiger partial charge in [-0.25, -0.2) is 13.2 Å². The van der Waals surface area contributed by atoms with Gasteiger partial charge in [-0.15, -0.1) is 6.58 Å². The van der Waals surface area contributed by atoms with Crippen molar-refractivity contribution in [2.75, 3.05) is 29.9 Å². The average Bonchev–Trinajstić information content (AvgIpc) is 3.98. The molecular weight excluding hydrogens is 648 g/mol. The Hall–Kier alpha value is -3.81. The summed E-state index contributed by atoms with van der Waals surface area (Å²) in [6.07, 6.45) is 8.76. The first-order valence-electron chi connectivity index (χ1n) is 17.6. The molecule has 4 amide bonds. The summed E-state index contributed by atoms with van der Waals surface area (Å²) in [5, 5.41) is 10.8. The van der Waals surface area contributed by atoms with Crippen LogP contribution in [0.3, 0.4) is 0 Å². The van der Waals surface area contributed by atoms with Crippen molar-refractivity contribution in [3.05, 3.63) is 36.9 Å². The number of ether oxygens (including phenoxy) is 1. The van der Waals surface area contributed by atoms with Crippen molar-refractivity contribution in [1.29, 1.82) is 0 Å². The molecule has 0 unspecified atom stereocenters. The molecule has 1 aromatic carbocycles. The molecule has 4 aliphatic rings. The van der Waals surface area contributed by atoms with Gasteiger partial charge in [-0.3, -0.25) is 19.1 Å². The Labute approximate surface area is 289 Å². The summed E-state index contributed by atoms with van der Waals surface area (Å²) < 4.78 is 32.9. The van der Waals surface area contributed by atoms with E-state index in [-0.39, 0.29) is 19.1 Å². The molecule has 0 aromatic heterocycles. The standard InChI is InChI=1S/C35H52N6O7S/c1-5-23-21-35(23,32(44)40-49(46,47)27-17-18-27)39-30(42)28(22-36-24-13-15-25(16-14-24)41-19-9-6-10-20-41)37-31(43)29(34(2,3)4)38-33(45)48-26-11-7-8-12-26/h5,13-16,23,26-29,36H,1,6-12,17-22H2,2-4H3,(H,37,43)(H,38,45)(H,39,42)(H,40,44)/t23-,28+,29-,35-/m1/s1. The van der Waals surface area contributed by atoms with E-state index in [1.54, 1.807) is 20.8 Å². The number of nitrogens with one attached hydrogen (secondary N) is 5. The lowest BCUT2D eigenvalue weighted by molar-refractivity contribution is -0.133. The molecule has 4 atom stereocenters. The van der Waals surface area contributed by atoms with E-state index in [0.29, 0.717) is 12.8 Å². The van der Waals surface area contributed by atoms with Crippen LogP contribution < -0.4 is 30.9 Å². The molecule has 270 valence electrons. The predicted molar refractivity (Wildman–Crippen MR) is 187 cm³/mol. The van der Waals surface area contributed by atoms with Gasteiger partial charge in [-0.2, -0.15) is 0 Å². The first-order valence-corrected chi connectivity index (χ1v) is 19.1. The monoisotopic (exact) mass is 700 g/mol. The first kappa shape index (κ1) is 36.5. The molecule has 1 aliphatic heterocycles. The average molecular weight is 701 g/mol. The fourth-order valence-corrected chi connectivity index (χ4v) is 8.00. The Morgan fingerprint density at radius 3 is 2.18 bits per heavy atom. The van der Waals surface area contributed by atoms with Gasteiger partial charge in [0.1, 0.15) is 23.7 Å². The van der Waals surface area contributed by atoms with Crippen LogP contribution >= 0.6 is 0 Å². The van der Waals surface area contributed by atoms with E-state index >= 15 is 0 Å². The maximum atomic E-state index is 14.0. The molecule has 3 aliphatic carbocycles. The van der Waals surface area contributed by atoms with E-state index in [9.17, 15) is 27.6 Å². The fraction of sp³-hybridized carbons (Fsp3) is 0.657. The summed E-state index contributed by atoms with van der Waals surface area (Å²) in [4.78, 5) is 56.3. The maximum absolute atomic E-state index is 14.0. The highest BCUT2D eigenvalue weighted by molar-refractivity contribution is 7.91. The normalized spacial score (nSPS) is 23.8. The molecular formula is C35H52N6O7S. The van der Waals surface area contributed by atoms with Crippen LogP contribution in [0.25, 0.3) is 0 Å². The second-order valence-corrected chi connectivity index (χ2v) is 16.9. The molecule has 0 bridgehead atoms. The lowest BCUT2D eigenvalue weighted by atomic mass is 9.86. The molecule has 5 rings (SSSR count). The van der Waals surface area contributed by atoms with E-state index in [0.717, 1.165) is 63.0 Å². The first-order chi connectivity index (χ1) is 23.2. The van der Waals surface area contributed by atoms with Crippen molar-refractivity contribution < 1.29 is 32.3 Å². The number of carbonyl (C=O) groups excluding carboxylic acids is 4. The third-order valence-corrected chi connectivity index (χ3v) is 11.8. The van der Waals surface area contributed by atoms with Crippen LogP contribution in [0.1, 0.15) is 85.0 Å². The zero-order chi connectivity index (χ0) is 35.4. The van der Waals surface area contributed by atoms with E-state index in [1.807, 2.05) is 24.3 Å². The summed E-state index contributed by atoms with van der Waals surface area (Å²) in [7, 11) is -3.87. The zero-order valence-electron chi connectivity index (χ0n) is 28.9. The topological polar surface area (TPSA) is 175 Å². The number of nitrogens with zero attached hydrogens (tertiary/aromatic N) is 1. The van der Waals surface area contributed by atoms with Gasteiger partial charge < -0.3 is 30.9 Å². The molecule has 3 saturated carbocycles. The number of alkyl carbamates (subject to hydrolysis) is 1. The Kier molecular flexibility index (Phi) is 11.1. The lowest BCUT2D eigenvalue weighted by Crippen LogP contribution is -2.62. The van der Waals surface area contributed by atoms with Gasteiger partial charge in [0, 0.05) is 36.9 Å². The molecule has 5 N–H and O–H groups in total. The molecule has 49 heavy (non-hydrogen) atoms. The van der Waals surface area contributed by atoms with Gasteiger partial charge in [0.25, 0.3) is 5.91 Å². The number of benzene rings is 1. The summed E-state index contributed by atoms with van der Waals surface area (Å²) in [5.74, 6) is -2.61. The van der Waals surface area contributed by atoms with E-state index < -0.39 is 68.0 Å². The number of piperidine rings is 1. The van der Waals surface area contributed by atoms with Crippen molar-refractivity contribution >= 4 is 45.2 Å². The largest absolute Gasteiger partial charge is 0.446 e. The Morgan fingerprint density at radius 2 is 1.61 bits per heavy atom. The number of hydrogen-bond donors (Lipinski definition) is 5. The number of carbonyl (C=O) groups is 4. The maximum Gasteiger partial charge on any atom is 0.408 e. The number of sulfonamides is 1. The summed E-state index contributed by atoms with van der Waals surface area (Å²) >= 11 is 0. The van der Waals surface area contributed by atoms with Crippen LogP contribution in [0.5, 0.6) is 0 Å². The van der Waals surface area contributed by atoms with E-state index in [1.165, 1.54) is 12.5 Å².